The van der Waals surface area contributed by atoms with Crippen LogP contribution in [0.2, 0.25) is 0 Å². The van der Waals surface area contributed by atoms with Gasteiger partial charge in [0.25, 0.3) is 0 Å². The van der Waals surface area contributed by atoms with E-state index in [2.05, 4.69) is 42.4 Å². The highest BCUT2D eigenvalue weighted by atomic mass is 16.5. The minimum absolute atomic E-state index is 0.234. The third-order valence-electron chi connectivity index (χ3n) is 3.40. The maximum absolute atomic E-state index is 5.44. The van der Waals surface area contributed by atoms with Gasteiger partial charge in [-0.1, -0.05) is 31.0 Å². The predicted molar refractivity (Wildman–Crippen MR) is 90.5 cm³/mol. The zero-order valence-corrected chi connectivity index (χ0v) is 13.1. The summed E-state index contributed by atoms with van der Waals surface area (Å²) in [6.07, 6.45) is 6.26. The van der Waals surface area contributed by atoms with Crippen molar-refractivity contribution in [2.45, 2.75) is 19.9 Å². The van der Waals surface area contributed by atoms with Crippen LogP contribution in [-0.2, 0) is 13.0 Å². The normalized spacial score (nSPS) is 9.86. The fourth-order valence-corrected chi connectivity index (χ4v) is 2.12. The van der Waals surface area contributed by atoms with Crippen molar-refractivity contribution in [2.75, 3.05) is 19.0 Å². The standard InChI is InChI=1S/C19H21NO2/c1-4-12-22-18-11-8-16(13-19(18)21-3)14-20-17-9-6-15(5-2)7-10-17/h1,6-11,13,20H,5,12,14H2,2-3H3. The lowest BCUT2D eigenvalue weighted by Crippen LogP contribution is -2.01. The van der Waals surface area contributed by atoms with Crippen LogP contribution in [-0.4, -0.2) is 13.7 Å². The second kappa shape index (κ2) is 7.99. The van der Waals surface area contributed by atoms with Gasteiger partial charge in [0, 0.05) is 12.2 Å². The van der Waals surface area contributed by atoms with E-state index in [1.54, 1.807) is 7.11 Å². The van der Waals surface area contributed by atoms with Crippen LogP contribution in [0.15, 0.2) is 42.5 Å². The summed E-state index contributed by atoms with van der Waals surface area (Å²) in [6, 6.07) is 14.3. The number of benzene rings is 2. The molecule has 0 aromatic heterocycles. The second-order valence-electron chi connectivity index (χ2n) is 4.88. The molecule has 0 fully saturated rings. The van der Waals surface area contributed by atoms with Gasteiger partial charge in [-0.2, -0.15) is 0 Å². The van der Waals surface area contributed by atoms with Crippen LogP contribution < -0.4 is 14.8 Å². The number of terminal acetylenes is 1. The molecule has 2 rings (SSSR count). The number of rotatable bonds is 7. The van der Waals surface area contributed by atoms with Crippen molar-refractivity contribution in [3.63, 3.8) is 0 Å². The molecular weight excluding hydrogens is 274 g/mol. The number of anilines is 1. The fourth-order valence-electron chi connectivity index (χ4n) is 2.12. The minimum Gasteiger partial charge on any atom is -0.493 e. The van der Waals surface area contributed by atoms with E-state index in [1.807, 2.05) is 18.2 Å². The van der Waals surface area contributed by atoms with Crippen LogP contribution in [0, 0.1) is 12.3 Å². The first-order valence-electron chi connectivity index (χ1n) is 7.32. The molecule has 0 radical (unpaired) electrons. The first kappa shape index (κ1) is 15.8. The van der Waals surface area contributed by atoms with Crippen molar-refractivity contribution >= 4 is 5.69 Å². The molecule has 0 saturated heterocycles. The van der Waals surface area contributed by atoms with Gasteiger partial charge < -0.3 is 14.8 Å². The number of hydrogen-bond donors (Lipinski definition) is 1. The summed E-state index contributed by atoms with van der Waals surface area (Å²) in [5, 5.41) is 3.40. The van der Waals surface area contributed by atoms with Crippen molar-refractivity contribution < 1.29 is 9.47 Å². The number of aryl methyl sites for hydroxylation is 1. The molecule has 0 amide bonds. The Labute approximate surface area is 132 Å². The van der Waals surface area contributed by atoms with Crippen LogP contribution in [0.4, 0.5) is 5.69 Å². The second-order valence-corrected chi connectivity index (χ2v) is 4.88. The van der Waals surface area contributed by atoms with Gasteiger partial charge >= 0.3 is 0 Å². The summed E-state index contributed by atoms with van der Waals surface area (Å²) in [7, 11) is 1.62. The topological polar surface area (TPSA) is 30.5 Å². The molecule has 0 bridgehead atoms. The molecule has 22 heavy (non-hydrogen) atoms. The van der Waals surface area contributed by atoms with E-state index < -0.39 is 0 Å². The maximum Gasteiger partial charge on any atom is 0.162 e. The van der Waals surface area contributed by atoms with Crippen molar-refractivity contribution in [1.29, 1.82) is 0 Å². The predicted octanol–water partition coefficient (Wildman–Crippen LogP) is 3.88. The Morgan fingerprint density at radius 1 is 1.05 bits per heavy atom. The Morgan fingerprint density at radius 3 is 2.41 bits per heavy atom. The first-order chi connectivity index (χ1) is 10.8. The Hall–Kier alpha value is -2.60. The average Bonchev–Trinajstić information content (AvgIpc) is 2.58. The van der Waals surface area contributed by atoms with Gasteiger partial charge in [-0.25, -0.2) is 0 Å². The molecule has 2 aromatic rings. The number of hydrogen-bond acceptors (Lipinski definition) is 3. The molecule has 0 unspecified atom stereocenters. The lowest BCUT2D eigenvalue weighted by Gasteiger charge is -2.12. The summed E-state index contributed by atoms with van der Waals surface area (Å²) >= 11 is 0. The molecule has 0 saturated carbocycles. The largest absolute Gasteiger partial charge is 0.493 e. The average molecular weight is 295 g/mol. The Bertz CT molecular complexity index is 641. The van der Waals surface area contributed by atoms with E-state index >= 15 is 0 Å². The first-order valence-corrected chi connectivity index (χ1v) is 7.32. The molecule has 1 N–H and O–H groups in total. The molecule has 3 nitrogen and oxygen atoms in total. The Kier molecular flexibility index (Phi) is 5.73. The summed E-state index contributed by atoms with van der Waals surface area (Å²) < 4.78 is 10.8. The highest BCUT2D eigenvalue weighted by molar-refractivity contribution is 5.47. The van der Waals surface area contributed by atoms with E-state index in [0.29, 0.717) is 11.5 Å². The summed E-state index contributed by atoms with van der Waals surface area (Å²) in [6.45, 7) is 3.10. The lowest BCUT2D eigenvalue weighted by molar-refractivity contribution is 0.330. The van der Waals surface area contributed by atoms with E-state index in [0.717, 1.165) is 24.2 Å². The number of nitrogens with one attached hydrogen (secondary N) is 1. The lowest BCUT2D eigenvalue weighted by atomic mass is 10.1. The molecule has 3 heteroatoms. The van der Waals surface area contributed by atoms with E-state index in [-0.39, 0.29) is 6.61 Å². The molecule has 0 aliphatic carbocycles. The third kappa shape index (κ3) is 4.20. The van der Waals surface area contributed by atoms with Crippen molar-refractivity contribution in [1.82, 2.24) is 0 Å². The maximum atomic E-state index is 5.44. The number of ether oxygens (including phenoxy) is 2. The Morgan fingerprint density at radius 2 is 1.77 bits per heavy atom. The molecule has 0 atom stereocenters. The van der Waals surface area contributed by atoms with E-state index in [4.69, 9.17) is 15.9 Å². The third-order valence-corrected chi connectivity index (χ3v) is 3.40. The molecular formula is C19H21NO2. The summed E-state index contributed by atoms with van der Waals surface area (Å²) in [5.74, 6) is 3.80. The highest BCUT2D eigenvalue weighted by Crippen LogP contribution is 2.28. The summed E-state index contributed by atoms with van der Waals surface area (Å²) in [4.78, 5) is 0. The van der Waals surface area contributed by atoms with Gasteiger partial charge in [0.15, 0.2) is 11.5 Å². The van der Waals surface area contributed by atoms with Gasteiger partial charge in [-0.05, 0) is 41.8 Å². The van der Waals surface area contributed by atoms with Crippen molar-refractivity contribution in [2.24, 2.45) is 0 Å². The van der Waals surface area contributed by atoms with Gasteiger partial charge in [-0.15, -0.1) is 6.42 Å². The minimum atomic E-state index is 0.234. The van der Waals surface area contributed by atoms with Gasteiger partial charge in [0.1, 0.15) is 6.61 Å². The SMILES string of the molecule is C#CCOc1ccc(CNc2ccc(CC)cc2)cc1OC. The quantitative estimate of drug-likeness (QED) is 0.786. The molecule has 114 valence electrons. The van der Waals surface area contributed by atoms with Crippen LogP contribution >= 0.6 is 0 Å². The van der Waals surface area contributed by atoms with Crippen LogP contribution in [0.1, 0.15) is 18.1 Å². The van der Waals surface area contributed by atoms with Gasteiger partial charge in [-0.3, -0.25) is 0 Å². The van der Waals surface area contributed by atoms with Crippen LogP contribution in [0.25, 0.3) is 0 Å². The van der Waals surface area contributed by atoms with E-state index in [1.165, 1.54) is 5.56 Å². The molecule has 2 aromatic carbocycles. The van der Waals surface area contributed by atoms with Gasteiger partial charge in [0.05, 0.1) is 7.11 Å². The molecule has 0 aliphatic rings. The Balaban J connectivity index is 2.01. The smallest absolute Gasteiger partial charge is 0.162 e. The zero-order chi connectivity index (χ0) is 15.8. The van der Waals surface area contributed by atoms with Crippen molar-refractivity contribution in [3.05, 3.63) is 53.6 Å². The monoisotopic (exact) mass is 295 g/mol. The number of methoxy groups -OCH3 is 1. The highest BCUT2D eigenvalue weighted by Gasteiger charge is 2.05. The molecule has 0 aliphatic heterocycles. The zero-order valence-electron chi connectivity index (χ0n) is 13.1. The van der Waals surface area contributed by atoms with Crippen molar-refractivity contribution in [3.8, 4) is 23.8 Å². The van der Waals surface area contributed by atoms with Gasteiger partial charge in [0.2, 0.25) is 0 Å². The molecule has 0 spiro atoms. The van der Waals surface area contributed by atoms with Crippen LogP contribution in [0.5, 0.6) is 11.5 Å². The fraction of sp³-hybridized carbons (Fsp3) is 0.263. The molecule has 0 heterocycles. The van der Waals surface area contributed by atoms with E-state index in [9.17, 15) is 0 Å². The van der Waals surface area contributed by atoms with Crippen LogP contribution in [0.3, 0.4) is 0 Å². The summed E-state index contributed by atoms with van der Waals surface area (Å²) in [5.41, 5.74) is 3.55.